The molecule has 0 bridgehead atoms. The average Bonchev–Trinajstić information content (AvgIpc) is 1.65. The summed E-state index contributed by atoms with van der Waals surface area (Å²) in [5.74, 6) is 0. The van der Waals surface area contributed by atoms with E-state index in [0.717, 1.165) is 0 Å². The molecule has 2 atom stereocenters. The molecule has 44 valence electrons. The zero-order chi connectivity index (χ0) is 5.86. The summed E-state index contributed by atoms with van der Waals surface area (Å²) >= 11 is 0. The summed E-state index contributed by atoms with van der Waals surface area (Å²) in [7, 11) is 0. The second kappa shape index (κ2) is 2.92. The van der Waals surface area contributed by atoms with E-state index in [-0.39, 0.29) is 0 Å². The Morgan fingerprint density at radius 1 is 1.43 bits per heavy atom. The number of hydrogen-bond acceptors (Lipinski definition) is 4. The molecule has 0 aromatic carbocycles. The summed E-state index contributed by atoms with van der Waals surface area (Å²) in [6.45, 7) is 1.36. The third-order valence-corrected chi connectivity index (χ3v) is 0.589. The maximum absolute atomic E-state index is 8.35. The highest BCUT2D eigenvalue weighted by Gasteiger charge is 2.05. The lowest BCUT2D eigenvalue weighted by molar-refractivity contribution is -0.0658. The molecule has 4 N–H and O–H groups in total. The van der Waals surface area contributed by atoms with Crippen molar-refractivity contribution in [2.75, 3.05) is 0 Å². The molecule has 0 saturated heterocycles. The van der Waals surface area contributed by atoms with Crippen molar-refractivity contribution in [2.45, 2.75) is 19.3 Å². The van der Waals surface area contributed by atoms with Crippen LogP contribution in [0.2, 0.25) is 0 Å². The number of aliphatic hydroxyl groups is 2. The lowest BCUT2D eigenvalue weighted by atomic mass is 10.4. The number of hydroxylamine groups is 1. The van der Waals surface area contributed by atoms with Gasteiger partial charge in [-0.25, -0.2) is 0 Å². The first-order chi connectivity index (χ1) is 3.18. The smallest absolute Gasteiger partial charge is 0.152 e. The molecule has 0 aliphatic carbocycles. The van der Waals surface area contributed by atoms with Crippen molar-refractivity contribution >= 4 is 0 Å². The van der Waals surface area contributed by atoms with Gasteiger partial charge < -0.3 is 15.4 Å². The Morgan fingerprint density at radius 3 is 1.86 bits per heavy atom. The lowest BCUT2D eigenvalue weighted by Gasteiger charge is -2.08. The summed E-state index contributed by atoms with van der Waals surface area (Å²) in [6, 6.07) is 0. The molecule has 0 aliphatic heterocycles. The van der Waals surface area contributed by atoms with Crippen LogP contribution in [0.15, 0.2) is 0 Å². The van der Waals surface area contributed by atoms with Gasteiger partial charge in [0.25, 0.3) is 0 Å². The maximum atomic E-state index is 8.35. The standard InChI is InChI=1S/C3H9NO3/c1-2(5)3(6)4-7/h2-7H,1H3. The van der Waals surface area contributed by atoms with Gasteiger partial charge in [-0.05, 0) is 6.92 Å². The van der Waals surface area contributed by atoms with Crippen molar-refractivity contribution in [3.8, 4) is 0 Å². The Hall–Kier alpha value is -0.160. The molecular formula is C3H9NO3. The quantitative estimate of drug-likeness (QED) is 0.260. The van der Waals surface area contributed by atoms with E-state index < -0.39 is 12.3 Å². The highest BCUT2D eigenvalue weighted by Crippen LogP contribution is 1.82. The maximum Gasteiger partial charge on any atom is 0.152 e. The van der Waals surface area contributed by atoms with Gasteiger partial charge in [0.05, 0.1) is 6.10 Å². The molecule has 0 aliphatic rings. The Labute approximate surface area is 41.4 Å². The molecule has 2 unspecified atom stereocenters. The molecule has 0 aromatic heterocycles. The summed E-state index contributed by atoms with van der Waals surface area (Å²) < 4.78 is 0. The highest BCUT2D eigenvalue weighted by atomic mass is 16.5. The second-order valence-electron chi connectivity index (χ2n) is 1.31. The van der Waals surface area contributed by atoms with E-state index in [0.29, 0.717) is 0 Å². The minimum absolute atomic E-state index is 0.940. The fraction of sp³-hybridized carbons (Fsp3) is 1.00. The highest BCUT2D eigenvalue weighted by molar-refractivity contribution is 4.50. The summed E-state index contributed by atoms with van der Waals surface area (Å²) in [6.07, 6.45) is -2.18. The second-order valence-corrected chi connectivity index (χ2v) is 1.31. The van der Waals surface area contributed by atoms with Crippen molar-refractivity contribution < 1.29 is 15.4 Å². The molecular weight excluding hydrogens is 98.0 g/mol. The third-order valence-electron chi connectivity index (χ3n) is 0.589. The van der Waals surface area contributed by atoms with Gasteiger partial charge in [0.1, 0.15) is 0 Å². The molecule has 4 nitrogen and oxygen atoms in total. The van der Waals surface area contributed by atoms with Gasteiger partial charge in [-0.3, -0.25) is 0 Å². The first-order valence-electron chi connectivity index (χ1n) is 1.94. The van der Waals surface area contributed by atoms with E-state index in [9.17, 15) is 0 Å². The molecule has 0 fully saturated rings. The fourth-order valence-corrected chi connectivity index (χ4v) is 0.108. The van der Waals surface area contributed by atoms with Crippen LogP contribution in [0.1, 0.15) is 6.92 Å². The summed E-state index contributed by atoms with van der Waals surface area (Å²) in [5.41, 5.74) is 1.47. The van der Waals surface area contributed by atoms with E-state index in [1.165, 1.54) is 12.4 Å². The Kier molecular flexibility index (Phi) is 2.86. The first-order valence-corrected chi connectivity index (χ1v) is 1.94. The molecule has 0 radical (unpaired) electrons. The van der Waals surface area contributed by atoms with E-state index in [2.05, 4.69) is 0 Å². The molecule has 4 heteroatoms. The third kappa shape index (κ3) is 2.52. The molecule has 0 spiro atoms. The minimum Gasteiger partial charge on any atom is -0.389 e. The molecule has 0 rings (SSSR count). The van der Waals surface area contributed by atoms with Crippen molar-refractivity contribution in [1.29, 1.82) is 0 Å². The number of hydrogen-bond donors (Lipinski definition) is 4. The van der Waals surface area contributed by atoms with Crippen LogP contribution in [0.3, 0.4) is 0 Å². The number of aliphatic hydroxyl groups excluding tert-OH is 2. The Bertz CT molecular complexity index is 47.4. The predicted molar refractivity (Wildman–Crippen MR) is 22.6 cm³/mol. The minimum atomic E-state index is -1.24. The van der Waals surface area contributed by atoms with Crippen molar-refractivity contribution in [3.63, 3.8) is 0 Å². The van der Waals surface area contributed by atoms with Crippen LogP contribution in [0.5, 0.6) is 0 Å². The average molecular weight is 107 g/mol. The largest absolute Gasteiger partial charge is 0.389 e. The topological polar surface area (TPSA) is 72.7 Å². The lowest BCUT2D eigenvalue weighted by Crippen LogP contribution is -2.35. The van der Waals surface area contributed by atoms with Crippen molar-refractivity contribution in [3.05, 3.63) is 0 Å². The predicted octanol–water partition coefficient (Wildman–Crippen LogP) is -1.34. The van der Waals surface area contributed by atoms with Gasteiger partial charge in [-0.15, -0.1) is 0 Å². The zero-order valence-corrected chi connectivity index (χ0v) is 4.00. The van der Waals surface area contributed by atoms with Gasteiger partial charge >= 0.3 is 0 Å². The first kappa shape index (κ1) is 6.84. The van der Waals surface area contributed by atoms with Gasteiger partial charge in [-0.1, -0.05) is 0 Å². The fourth-order valence-electron chi connectivity index (χ4n) is 0.108. The van der Waals surface area contributed by atoms with E-state index in [1.807, 2.05) is 0 Å². The summed E-state index contributed by atoms with van der Waals surface area (Å²) in [5, 5.41) is 24.5. The summed E-state index contributed by atoms with van der Waals surface area (Å²) in [4.78, 5) is 0. The van der Waals surface area contributed by atoms with Crippen LogP contribution in [0.4, 0.5) is 0 Å². The Morgan fingerprint density at radius 2 is 1.86 bits per heavy atom. The molecule has 0 heterocycles. The SMILES string of the molecule is CC(O)C(O)NO. The van der Waals surface area contributed by atoms with Crippen LogP contribution >= 0.6 is 0 Å². The van der Waals surface area contributed by atoms with Gasteiger partial charge in [0, 0.05) is 0 Å². The molecule has 0 amide bonds. The molecule has 0 saturated carbocycles. The van der Waals surface area contributed by atoms with Crippen LogP contribution in [0, 0.1) is 0 Å². The monoisotopic (exact) mass is 107 g/mol. The van der Waals surface area contributed by atoms with Crippen molar-refractivity contribution in [2.24, 2.45) is 0 Å². The van der Waals surface area contributed by atoms with Crippen LogP contribution in [0.25, 0.3) is 0 Å². The number of nitrogens with one attached hydrogen (secondary N) is 1. The van der Waals surface area contributed by atoms with Gasteiger partial charge in [-0.2, -0.15) is 5.48 Å². The van der Waals surface area contributed by atoms with Crippen LogP contribution in [-0.4, -0.2) is 27.8 Å². The van der Waals surface area contributed by atoms with E-state index >= 15 is 0 Å². The van der Waals surface area contributed by atoms with Gasteiger partial charge in [0.15, 0.2) is 6.23 Å². The van der Waals surface area contributed by atoms with E-state index in [4.69, 9.17) is 15.4 Å². The van der Waals surface area contributed by atoms with E-state index in [1.54, 1.807) is 0 Å². The molecule has 0 aromatic rings. The molecule has 7 heavy (non-hydrogen) atoms. The Balaban J connectivity index is 3.14. The van der Waals surface area contributed by atoms with Crippen molar-refractivity contribution in [1.82, 2.24) is 5.48 Å². The van der Waals surface area contributed by atoms with Crippen LogP contribution in [-0.2, 0) is 0 Å². The number of rotatable bonds is 2. The van der Waals surface area contributed by atoms with Crippen LogP contribution < -0.4 is 5.48 Å². The zero-order valence-electron chi connectivity index (χ0n) is 4.00. The normalized spacial score (nSPS) is 18.9. The van der Waals surface area contributed by atoms with Gasteiger partial charge in [0.2, 0.25) is 0 Å².